The van der Waals surface area contributed by atoms with Gasteiger partial charge in [-0.15, -0.1) is 11.8 Å². The monoisotopic (exact) mass is 181 g/mol. The molecule has 1 aliphatic rings. The van der Waals surface area contributed by atoms with E-state index in [9.17, 15) is 0 Å². The van der Waals surface area contributed by atoms with Crippen LogP contribution in [-0.2, 0) is 0 Å². The number of thioether (sulfide) groups is 1. The van der Waals surface area contributed by atoms with E-state index in [0.717, 1.165) is 18.0 Å². The first kappa shape index (κ1) is 7.80. The third-order valence-corrected chi connectivity index (χ3v) is 2.98. The highest BCUT2D eigenvalue weighted by Gasteiger charge is 2.12. The van der Waals surface area contributed by atoms with E-state index < -0.39 is 0 Å². The first-order chi connectivity index (χ1) is 5.92. The van der Waals surface area contributed by atoms with Crippen LogP contribution in [0.25, 0.3) is 0 Å². The van der Waals surface area contributed by atoms with E-state index in [1.54, 1.807) is 7.11 Å². The van der Waals surface area contributed by atoms with Crippen LogP contribution in [-0.4, -0.2) is 19.4 Å². The number of nitrogens with one attached hydrogen (secondary N) is 1. The van der Waals surface area contributed by atoms with E-state index in [1.807, 2.05) is 23.9 Å². The molecule has 64 valence electrons. The van der Waals surface area contributed by atoms with Crippen LogP contribution >= 0.6 is 11.8 Å². The quantitative estimate of drug-likeness (QED) is 0.717. The van der Waals surface area contributed by atoms with Crippen molar-refractivity contribution in [1.82, 2.24) is 0 Å². The van der Waals surface area contributed by atoms with Gasteiger partial charge in [0.25, 0.3) is 0 Å². The van der Waals surface area contributed by atoms with E-state index in [0.29, 0.717) is 0 Å². The fourth-order valence-corrected chi connectivity index (χ4v) is 2.30. The Bertz CT molecular complexity index is 274. The van der Waals surface area contributed by atoms with Crippen LogP contribution < -0.4 is 10.1 Å². The van der Waals surface area contributed by atoms with Crippen LogP contribution in [0.5, 0.6) is 5.75 Å². The molecule has 2 nitrogen and oxygen atoms in total. The second kappa shape index (κ2) is 3.27. The van der Waals surface area contributed by atoms with E-state index in [2.05, 4.69) is 11.4 Å². The molecule has 1 aromatic rings. The van der Waals surface area contributed by atoms with Gasteiger partial charge in [0.15, 0.2) is 0 Å². The van der Waals surface area contributed by atoms with Gasteiger partial charge in [0.2, 0.25) is 0 Å². The van der Waals surface area contributed by atoms with Crippen LogP contribution in [0, 0.1) is 0 Å². The second-order valence-electron chi connectivity index (χ2n) is 2.61. The second-order valence-corrected chi connectivity index (χ2v) is 3.72. The maximum atomic E-state index is 5.25. The van der Waals surface area contributed by atoms with Crippen LogP contribution in [0.4, 0.5) is 5.69 Å². The molecule has 2 rings (SSSR count). The Kier molecular flexibility index (Phi) is 2.13. The molecular weight excluding hydrogens is 170 g/mol. The minimum atomic E-state index is 0.977. The Morgan fingerprint density at radius 3 is 3.25 bits per heavy atom. The molecule has 0 aromatic heterocycles. The van der Waals surface area contributed by atoms with E-state index >= 15 is 0 Å². The number of hydrogen-bond donors (Lipinski definition) is 1. The lowest BCUT2D eigenvalue weighted by atomic mass is 10.3. The number of benzene rings is 1. The Hall–Kier alpha value is -0.830. The molecule has 1 N–H and O–H groups in total. The van der Waals surface area contributed by atoms with E-state index in [1.165, 1.54) is 10.6 Å². The van der Waals surface area contributed by atoms with Crippen LogP contribution in [0.15, 0.2) is 23.1 Å². The van der Waals surface area contributed by atoms with Gasteiger partial charge < -0.3 is 10.1 Å². The summed E-state index contributed by atoms with van der Waals surface area (Å²) in [5.41, 5.74) is 1.20. The summed E-state index contributed by atoms with van der Waals surface area (Å²) in [7, 11) is 1.71. The molecule has 0 saturated heterocycles. The van der Waals surface area contributed by atoms with Crippen molar-refractivity contribution in [2.24, 2.45) is 0 Å². The number of anilines is 1. The van der Waals surface area contributed by atoms with Crippen molar-refractivity contribution in [1.29, 1.82) is 0 Å². The van der Waals surface area contributed by atoms with Gasteiger partial charge in [-0.1, -0.05) is 6.07 Å². The molecule has 0 unspecified atom stereocenters. The van der Waals surface area contributed by atoms with Gasteiger partial charge in [-0.05, 0) is 12.1 Å². The van der Waals surface area contributed by atoms with E-state index in [4.69, 9.17) is 4.74 Å². The molecule has 0 fully saturated rings. The molecular formula is C9H11NOS. The van der Waals surface area contributed by atoms with Crippen LogP contribution in [0.1, 0.15) is 0 Å². The summed E-state index contributed by atoms with van der Waals surface area (Å²) in [5.74, 6) is 2.10. The zero-order valence-electron chi connectivity index (χ0n) is 6.96. The molecule has 1 aromatic carbocycles. The minimum absolute atomic E-state index is 0.977. The van der Waals surface area contributed by atoms with Gasteiger partial charge in [0, 0.05) is 12.3 Å². The number of ether oxygens (including phenoxy) is 1. The molecule has 1 heterocycles. The Morgan fingerprint density at radius 2 is 2.42 bits per heavy atom. The maximum absolute atomic E-state index is 5.25. The summed E-state index contributed by atoms with van der Waals surface area (Å²) in [4.78, 5) is 1.24. The zero-order chi connectivity index (χ0) is 8.39. The third-order valence-electron chi connectivity index (χ3n) is 1.86. The van der Waals surface area contributed by atoms with Crippen molar-refractivity contribution >= 4 is 17.4 Å². The van der Waals surface area contributed by atoms with Crippen molar-refractivity contribution in [2.75, 3.05) is 24.7 Å². The molecule has 12 heavy (non-hydrogen) atoms. The zero-order valence-corrected chi connectivity index (χ0v) is 7.78. The standard InChI is InChI=1S/C9H11NOS/c1-11-8-4-2-3-7-9(8)12-6-5-10-7/h2-4,10H,5-6H2,1H3. The van der Waals surface area contributed by atoms with Crippen molar-refractivity contribution in [2.45, 2.75) is 4.90 Å². The average Bonchev–Trinajstić information content (AvgIpc) is 2.17. The number of hydrogen-bond acceptors (Lipinski definition) is 3. The van der Waals surface area contributed by atoms with Gasteiger partial charge in [-0.3, -0.25) is 0 Å². The van der Waals surface area contributed by atoms with Crippen molar-refractivity contribution < 1.29 is 4.74 Å². The summed E-state index contributed by atoms with van der Waals surface area (Å²) in [6, 6.07) is 6.10. The van der Waals surface area contributed by atoms with Crippen molar-refractivity contribution in [3.63, 3.8) is 0 Å². The molecule has 0 spiro atoms. The largest absolute Gasteiger partial charge is 0.496 e. The van der Waals surface area contributed by atoms with Crippen LogP contribution in [0.3, 0.4) is 0 Å². The number of methoxy groups -OCH3 is 1. The molecule has 1 aliphatic heterocycles. The SMILES string of the molecule is COc1cccc2c1SCCN2. The van der Waals surface area contributed by atoms with Crippen LogP contribution in [0.2, 0.25) is 0 Å². The molecule has 0 amide bonds. The molecule has 0 saturated carbocycles. The Morgan fingerprint density at radius 1 is 1.50 bits per heavy atom. The third kappa shape index (κ3) is 1.25. The lowest BCUT2D eigenvalue weighted by Gasteiger charge is -2.19. The topological polar surface area (TPSA) is 21.3 Å². The van der Waals surface area contributed by atoms with Gasteiger partial charge in [-0.25, -0.2) is 0 Å². The summed E-state index contributed by atoms with van der Waals surface area (Å²) in [6.07, 6.45) is 0. The maximum Gasteiger partial charge on any atom is 0.134 e. The normalized spacial score (nSPS) is 14.8. The molecule has 0 atom stereocenters. The van der Waals surface area contributed by atoms with Gasteiger partial charge in [-0.2, -0.15) is 0 Å². The highest BCUT2D eigenvalue weighted by atomic mass is 32.2. The van der Waals surface area contributed by atoms with Crippen molar-refractivity contribution in [3.05, 3.63) is 18.2 Å². The first-order valence-electron chi connectivity index (χ1n) is 3.95. The number of fused-ring (bicyclic) bond motifs is 1. The fourth-order valence-electron chi connectivity index (χ4n) is 1.30. The molecule has 3 heteroatoms. The first-order valence-corrected chi connectivity index (χ1v) is 4.94. The summed E-state index contributed by atoms with van der Waals surface area (Å²) in [5, 5.41) is 3.34. The van der Waals surface area contributed by atoms with E-state index in [-0.39, 0.29) is 0 Å². The summed E-state index contributed by atoms with van der Waals surface area (Å²) < 4.78 is 5.25. The summed E-state index contributed by atoms with van der Waals surface area (Å²) >= 11 is 1.85. The predicted molar refractivity (Wildman–Crippen MR) is 52.2 cm³/mol. The smallest absolute Gasteiger partial charge is 0.134 e. The fraction of sp³-hybridized carbons (Fsp3) is 0.333. The minimum Gasteiger partial charge on any atom is -0.496 e. The van der Waals surface area contributed by atoms with Crippen molar-refractivity contribution in [3.8, 4) is 5.75 Å². The highest BCUT2D eigenvalue weighted by molar-refractivity contribution is 7.99. The predicted octanol–water partition coefficient (Wildman–Crippen LogP) is 2.21. The van der Waals surface area contributed by atoms with Gasteiger partial charge >= 0.3 is 0 Å². The number of rotatable bonds is 1. The molecule has 0 radical (unpaired) electrons. The Balaban J connectivity index is 2.44. The average molecular weight is 181 g/mol. The highest BCUT2D eigenvalue weighted by Crippen LogP contribution is 2.38. The summed E-state index contributed by atoms with van der Waals surface area (Å²) in [6.45, 7) is 1.05. The Labute approximate surface area is 76.3 Å². The van der Waals surface area contributed by atoms with Gasteiger partial charge in [0.1, 0.15) is 5.75 Å². The van der Waals surface area contributed by atoms with Gasteiger partial charge in [0.05, 0.1) is 17.7 Å². The lowest BCUT2D eigenvalue weighted by molar-refractivity contribution is 0.405. The molecule has 0 aliphatic carbocycles. The lowest BCUT2D eigenvalue weighted by Crippen LogP contribution is -2.10. The molecule has 0 bridgehead atoms.